The lowest BCUT2D eigenvalue weighted by Crippen LogP contribution is -2.15. The van der Waals surface area contributed by atoms with Gasteiger partial charge >= 0.3 is 5.97 Å². The maximum atomic E-state index is 14.6. The van der Waals surface area contributed by atoms with Crippen LogP contribution < -0.4 is 4.72 Å². The number of nitrogens with zero attached hydrogens (tertiary/aromatic N) is 3. The summed E-state index contributed by atoms with van der Waals surface area (Å²) in [5.41, 5.74) is -0.809. The van der Waals surface area contributed by atoms with Crippen LogP contribution in [0, 0.1) is 11.6 Å². The van der Waals surface area contributed by atoms with E-state index in [4.69, 9.17) is 5.11 Å². The Morgan fingerprint density at radius 2 is 1.87 bits per heavy atom. The van der Waals surface area contributed by atoms with Gasteiger partial charge in [0.05, 0.1) is 21.7 Å². The molecule has 11 heteroatoms. The summed E-state index contributed by atoms with van der Waals surface area (Å²) in [5.74, 6) is -2.42. The molecule has 2 N–H and O–H groups in total. The van der Waals surface area contributed by atoms with Crippen LogP contribution in [0.1, 0.15) is 35.4 Å². The Morgan fingerprint density at radius 3 is 2.65 bits per heavy atom. The Bertz CT molecular complexity index is 1270. The SMILES string of the molecule is O=C(O)c1cccc(S(=O)(=O)Nc2cc(-c3nnc4n3CCCCC4)c(F)cc2F)c1. The largest absolute Gasteiger partial charge is 0.478 e. The number of hydrogen-bond acceptors (Lipinski definition) is 5. The van der Waals surface area contributed by atoms with Crippen LogP contribution in [-0.4, -0.2) is 34.3 Å². The topological polar surface area (TPSA) is 114 Å². The summed E-state index contributed by atoms with van der Waals surface area (Å²) in [6, 6.07) is 6.23. The van der Waals surface area contributed by atoms with Gasteiger partial charge in [-0.15, -0.1) is 10.2 Å². The van der Waals surface area contributed by atoms with Gasteiger partial charge < -0.3 is 9.67 Å². The highest BCUT2D eigenvalue weighted by Gasteiger charge is 2.23. The number of carboxylic acid groups (broad SMARTS) is 1. The Morgan fingerprint density at radius 1 is 1.06 bits per heavy atom. The van der Waals surface area contributed by atoms with E-state index < -0.39 is 33.3 Å². The predicted octanol–water partition coefficient (Wildman–Crippen LogP) is 3.45. The molecule has 2 heterocycles. The van der Waals surface area contributed by atoms with E-state index in [0.29, 0.717) is 24.9 Å². The molecule has 0 saturated heterocycles. The lowest BCUT2D eigenvalue weighted by atomic mass is 10.1. The number of carbonyl (C=O) groups is 1. The van der Waals surface area contributed by atoms with Crippen LogP contribution in [0.15, 0.2) is 41.3 Å². The molecule has 2 aromatic carbocycles. The number of carboxylic acids is 1. The van der Waals surface area contributed by atoms with E-state index in [0.717, 1.165) is 31.4 Å². The van der Waals surface area contributed by atoms with Gasteiger partial charge in [0.25, 0.3) is 10.0 Å². The van der Waals surface area contributed by atoms with Gasteiger partial charge in [-0.05, 0) is 37.1 Å². The second-order valence-electron chi connectivity index (χ2n) is 7.15. The van der Waals surface area contributed by atoms with Crippen molar-refractivity contribution in [3.63, 3.8) is 0 Å². The Kier molecular flexibility index (Phi) is 5.44. The molecule has 0 unspecified atom stereocenters. The van der Waals surface area contributed by atoms with Crippen molar-refractivity contribution in [2.24, 2.45) is 0 Å². The van der Waals surface area contributed by atoms with Crippen molar-refractivity contribution in [1.82, 2.24) is 14.8 Å². The molecule has 1 aliphatic rings. The fourth-order valence-corrected chi connectivity index (χ4v) is 4.59. The second kappa shape index (κ2) is 8.06. The second-order valence-corrected chi connectivity index (χ2v) is 8.83. The zero-order chi connectivity index (χ0) is 22.2. The summed E-state index contributed by atoms with van der Waals surface area (Å²) < 4.78 is 58.2. The molecular formula is C20H18F2N4O4S. The van der Waals surface area contributed by atoms with Gasteiger partial charge in [0.15, 0.2) is 5.82 Å². The van der Waals surface area contributed by atoms with Crippen molar-refractivity contribution in [3.8, 4) is 11.4 Å². The minimum atomic E-state index is -4.33. The summed E-state index contributed by atoms with van der Waals surface area (Å²) in [6.07, 6.45) is 3.48. The lowest BCUT2D eigenvalue weighted by Gasteiger charge is -2.13. The van der Waals surface area contributed by atoms with Gasteiger partial charge in [-0.25, -0.2) is 22.0 Å². The van der Waals surface area contributed by atoms with Crippen molar-refractivity contribution in [3.05, 3.63) is 59.4 Å². The van der Waals surface area contributed by atoms with E-state index in [1.54, 1.807) is 4.57 Å². The number of aromatic carboxylic acids is 1. The highest BCUT2D eigenvalue weighted by molar-refractivity contribution is 7.92. The van der Waals surface area contributed by atoms with Crippen LogP contribution in [-0.2, 0) is 23.0 Å². The molecule has 1 aliphatic heterocycles. The number of halogens is 2. The molecule has 31 heavy (non-hydrogen) atoms. The summed E-state index contributed by atoms with van der Waals surface area (Å²) in [7, 11) is -4.33. The molecule has 162 valence electrons. The molecule has 0 atom stereocenters. The molecule has 0 bridgehead atoms. The molecule has 0 amide bonds. The summed E-state index contributed by atoms with van der Waals surface area (Å²) in [4.78, 5) is 10.7. The van der Waals surface area contributed by atoms with Gasteiger partial charge in [0.2, 0.25) is 0 Å². The minimum absolute atomic E-state index is 0.0842. The highest BCUT2D eigenvalue weighted by atomic mass is 32.2. The van der Waals surface area contributed by atoms with Crippen molar-refractivity contribution in [1.29, 1.82) is 0 Å². The van der Waals surface area contributed by atoms with E-state index in [2.05, 4.69) is 14.9 Å². The third-order valence-corrected chi connectivity index (χ3v) is 6.41. The smallest absolute Gasteiger partial charge is 0.335 e. The van der Waals surface area contributed by atoms with Gasteiger partial charge in [0.1, 0.15) is 17.5 Å². The molecule has 0 saturated carbocycles. The number of benzene rings is 2. The van der Waals surface area contributed by atoms with E-state index in [1.807, 2.05) is 0 Å². The number of nitrogens with one attached hydrogen (secondary N) is 1. The quantitative estimate of drug-likeness (QED) is 0.618. The normalized spacial score (nSPS) is 14.0. The van der Waals surface area contributed by atoms with Gasteiger partial charge in [-0.1, -0.05) is 12.5 Å². The average Bonchev–Trinajstić information content (AvgIpc) is 2.97. The molecule has 4 rings (SSSR count). The first-order valence-corrected chi connectivity index (χ1v) is 11.0. The number of aryl methyl sites for hydroxylation is 1. The number of hydrogen-bond donors (Lipinski definition) is 2. The lowest BCUT2D eigenvalue weighted by molar-refractivity contribution is 0.0696. The average molecular weight is 448 g/mol. The third kappa shape index (κ3) is 4.13. The van der Waals surface area contributed by atoms with E-state index in [-0.39, 0.29) is 21.8 Å². The van der Waals surface area contributed by atoms with Crippen LogP contribution in [0.3, 0.4) is 0 Å². The molecule has 0 aliphatic carbocycles. The van der Waals surface area contributed by atoms with Crippen molar-refractivity contribution in [2.75, 3.05) is 4.72 Å². The molecule has 3 aromatic rings. The number of anilines is 1. The van der Waals surface area contributed by atoms with Crippen molar-refractivity contribution < 1.29 is 27.1 Å². The van der Waals surface area contributed by atoms with Gasteiger partial charge in [-0.3, -0.25) is 4.72 Å². The fraction of sp³-hybridized carbons (Fsp3) is 0.250. The summed E-state index contributed by atoms with van der Waals surface area (Å²) >= 11 is 0. The van der Waals surface area contributed by atoms with Crippen LogP contribution in [0.2, 0.25) is 0 Å². The molecule has 0 radical (unpaired) electrons. The monoisotopic (exact) mass is 448 g/mol. The van der Waals surface area contributed by atoms with Crippen LogP contribution >= 0.6 is 0 Å². The van der Waals surface area contributed by atoms with Crippen molar-refractivity contribution in [2.45, 2.75) is 37.1 Å². The Hall–Kier alpha value is -3.34. The zero-order valence-corrected chi connectivity index (χ0v) is 17.0. The third-order valence-electron chi connectivity index (χ3n) is 5.04. The Labute approximate surface area is 176 Å². The van der Waals surface area contributed by atoms with Gasteiger partial charge in [0, 0.05) is 19.0 Å². The fourth-order valence-electron chi connectivity index (χ4n) is 3.48. The standard InChI is InChI=1S/C20H18F2N4O4S/c21-15-11-16(22)17(25-31(29,30)13-6-4-5-12(9-13)20(27)28)10-14(15)19-24-23-18-7-2-1-3-8-26(18)19/h4-6,9-11,25H,1-3,7-8H2,(H,27,28). The van der Waals surface area contributed by atoms with Crippen LogP contribution in [0.4, 0.5) is 14.5 Å². The van der Waals surface area contributed by atoms with Crippen LogP contribution in [0.5, 0.6) is 0 Å². The molecule has 0 fully saturated rings. The first-order chi connectivity index (χ1) is 14.8. The maximum absolute atomic E-state index is 14.6. The molecule has 0 spiro atoms. The van der Waals surface area contributed by atoms with Crippen LogP contribution in [0.25, 0.3) is 11.4 Å². The zero-order valence-electron chi connectivity index (χ0n) is 16.2. The molecule has 1 aromatic heterocycles. The molecule has 8 nitrogen and oxygen atoms in total. The van der Waals surface area contributed by atoms with Gasteiger partial charge in [-0.2, -0.15) is 0 Å². The first kappa shape index (κ1) is 20.9. The number of rotatable bonds is 5. The predicted molar refractivity (Wildman–Crippen MR) is 107 cm³/mol. The number of fused-ring (bicyclic) bond motifs is 1. The minimum Gasteiger partial charge on any atom is -0.478 e. The van der Waals surface area contributed by atoms with E-state index in [1.165, 1.54) is 18.2 Å². The molecular weight excluding hydrogens is 430 g/mol. The maximum Gasteiger partial charge on any atom is 0.335 e. The number of aromatic nitrogens is 3. The highest BCUT2D eigenvalue weighted by Crippen LogP contribution is 2.30. The summed E-state index contributed by atoms with van der Waals surface area (Å²) in [6.45, 7) is 0.581. The Balaban J connectivity index is 1.73. The first-order valence-electron chi connectivity index (χ1n) is 9.54. The number of sulfonamides is 1. The van der Waals surface area contributed by atoms with E-state index >= 15 is 0 Å². The van der Waals surface area contributed by atoms with E-state index in [9.17, 15) is 22.0 Å². The summed E-state index contributed by atoms with van der Waals surface area (Å²) in [5, 5.41) is 17.2. The van der Waals surface area contributed by atoms with Crippen molar-refractivity contribution >= 4 is 21.7 Å².